The SMILES string of the molecule is O=C1N[C@@H](Cc2ccc(F)cc2)C(=O)N[C@H]1Cc1ccc(F)cc1. The van der Waals surface area contributed by atoms with E-state index >= 15 is 0 Å². The van der Waals surface area contributed by atoms with Crippen molar-refractivity contribution in [2.24, 2.45) is 0 Å². The Hall–Kier alpha value is -2.76. The van der Waals surface area contributed by atoms with Gasteiger partial charge < -0.3 is 10.6 Å². The molecule has 0 saturated carbocycles. The maximum absolute atomic E-state index is 12.9. The second kappa shape index (κ2) is 6.78. The molecule has 0 spiro atoms. The van der Waals surface area contributed by atoms with Crippen LogP contribution in [0.3, 0.4) is 0 Å². The van der Waals surface area contributed by atoms with Gasteiger partial charge in [-0.2, -0.15) is 0 Å². The fourth-order valence-corrected chi connectivity index (χ4v) is 2.68. The number of rotatable bonds is 4. The number of nitrogens with one attached hydrogen (secondary N) is 2. The van der Waals surface area contributed by atoms with Crippen molar-refractivity contribution >= 4 is 11.8 Å². The lowest BCUT2D eigenvalue weighted by Gasteiger charge is -2.29. The molecule has 2 amide bonds. The van der Waals surface area contributed by atoms with Crippen molar-refractivity contribution in [1.29, 1.82) is 0 Å². The molecule has 1 fully saturated rings. The number of carbonyl (C=O) groups excluding carboxylic acids is 2. The van der Waals surface area contributed by atoms with E-state index in [-0.39, 0.29) is 23.4 Å². The first kappa shape index (κ1) is 16.1. The van der Waals surface area contributed by atoms with Gasteiger partial charge in [-0.1, -0.05) is 24.3 Å². The molecule has 6 heteroatoms. The van der Waals surface area contributed by atoms with Crippen molar-refractivity contribution in [2.45, 2.75) is 24.9 Å². The van der Waals surface area contributed by atoms with E-state index in [4.69, 9.17) is 0 Å². The average molecular weight is 330 g/mol. The standard InChI is InChI=1S/C18H16F2N2O2/c19-13-5-1-11(2-6-13)9-15-17(23)22-16(18(24)21-15)10-12-3-7-14(20)8-4-12/h1-8,15-16H,9-10H2,(H,21,24)(H,22,23)/t15-,16-/m0/s1. The van der Waals surface area contributed by atoms with E-state index in [1.54, 1.807) is 24.3 Å². The summed E-state index contributed by atoms with van der Waals surface area (Å²) in [6.07, 6.45) is 0.586. The van der Waals surface area contributed by atoms with E-state index < -0.39 is 12.1 Å². The molecule has 0 aliphatic carbocycles. The van der Waals surface area contributed by atoms with Crippen LogP contribution >= 0.6 is 0 Å². The molecule has 0 bridgehead atoms. The van der Waals surface area contributed by atoms with Crippen molar-refractivity contribution in [1.82, 2.24) is 10.6 Å². The van der Waals surface area contributed by atoms with Gasteiger partial charge in [-0.3, -0.25) is 9.59 Å². The third kappa shape index (κ3) is 3.76. The summed E-state index contributed by atoms with van der Waals surface area (Å²) in [6, 6.07) is 10.2. The summed E-state index contributed by atoms with van der Waals surface area (Å²) in [7, 11) is 0. The van der Waals surface area contributed by atoms with Crippen LogP contribution in [0.2, 0.25) is 0 Å². The Balaban J connectivity index is 1.63. The molecule has 2 N–H and O–H groups in total. The summed E-state index contributed by atoms with van der Waals surface area (Å²) < 4.78 is 25.8. The van der Waals surface area contributed by atoms with E-state index in [1.807, 2.05) is 0 Å². The quantitative estimate of drug-likeness (QED) is 0.897. The first-order valence-electron chi connectivity index (χ1n) is 7.61. The first-order valence-corrected chi connectivity index (χ1v) is 7.61. The Bertz CT molecular complexity index is 679. The van der Waals surface area contributed by atoms with Gasteiger partial charge in [-0.25, -0.2) is 8.78 Å². The molecule has 0 unspecified atom stereocenters. The van der Waals surface area contributed by atoms with E-state index in [0.29, 0.717) is 12.8 Å². The second-order valence-electron chi connectivity index (χ2n) is 5.78. The van der Waals surface area contributed by atoms with Crippen LogP contribution in [0.25, 0.3) is 0 Å². The number of hydrogen-bond acceptors (Lipinski definition) is 2. The highest BCUT2D eigenvalue weighted by molar-refractivity contribution is 5.97. The predicted molar refractivity (Wildman–Crippen MR) is 84.1 cm³/mol. The highest BCUT2D eigenvalue weighted by Crippen LogP contribution is 2.11. The van der Waals surface area contributed by atoms with Gasteiger partial charge in [0.15, 0.2) is 0 Å². The molecule has 2 aromatic carbocycles. The van der Waals surface area contributed by atoms with Crippen molar-refractivity contribution in [3.63, 3.8) is 0 Å². The van der Waals surface area contributed by atoms with Gasteiger partial charge in [-0.05, 0) is 35.4 Å². The zero-order chi connectivity index (χ0) is 17.1. The van der Waals surface area contributed by atoms with E-state index in [1.165, 1.54) is 24.3 Å². The Morgan fingerprint density at radius 3 is 1.33 bits per heavy atom. The zero-order valence-electron chi connectivity index (χ0n) is 12.8. The fraction of sp³-hybridized carbons (Fsp3) is 0.222. The third-order valence-electron chi connectivity index (χ3n) is 3.97. The van der Waals surface area contributed by atoms with Crippen LogP contribution in [-0.4, -0.2) is 23.9 Å². The van der Waals surface area contributed by atoms with Gasteiger partial charge in [-0.15, -0.1) is 0 Å². The average Bonchev–Trinajstić information content (AvgIpc) is 2.56. The fourth-order valence-electron chi connectivity index (χ4n) is 2.68. The molecule has 24 heavy (non-hydrogen) atoms. The molecule has 0 radical (unpaired) electrons. The number of amides is 2. The minimum atomic E-state index is -0.688. The summed E-state index contributed by atoms with van der Waals surface area (Å²) in [5, 5.41) is 5.38. The van der Waals surface area contributed by atoms with Crippen molar-refractivity contribution in [3.8, 4) is 0 Å². The Morgan fingerprint density at radius 2 is 1.00 bits per heavy atom. The Morgan fingerprint density at radius 1 is 0.667 bits per heavy atom. The van der Waals surface area contributed by atoms with Crippen LogP contribution in [0.5, 0.6) is 0 Å². The van der Waals surface area contributed by atoms with Gasteiger partial charge in [0.25, 0.3) is 0 Å². The van der Waals surface area contributed by atoms with Crippen molar-refractivity contribution in [2.75, 3.05) is 0 Å². The molecule has 0 aromatic heterocycles. The molecule has 1 saturated heterocycles. The van der Waals surface area contributed by atoms with Crippen LogP contribution in [0.1, 0.15) is 11.1 Å². The van der Waals surface area contributed by atoms with E-state index in [2.05, 4.69) is 10.6 Å². The molecular formula is C18H16F2N2O2. The van der Waals surface area contributed by atoms with E-state index in [9.17, 15) is 18.4 Å². The first-order chi connectivity index (χ1) is 11.5. The van der Waals surface area contributed by atoms with Gasteiger partial charge in [0, 0.05) is 12.8 Å². The molecule has 3 rings (SSSR count). The zero-order valence-corrected chi connectivity index (χ0v) is 12.8. The van der Waals surface area contributed by atoms with Gasteiger partial charge in [0.1, 0.15) is 23.7 Å². The maximum atomic E-state index is 12.9. The Kier molecular flexibility index (Phi) is 4.55. The lowest BCUT2D eigenvalue weighted by Crippen LogP contribution is -2.62. The topological polar surface area (TPSA) is 58.2 Å². The summed E-state index contributed by atoms with van der Waals surface area (Å²) in [5.41, 5.74) is 1.52. The minimum absolute atomic E-state index is 0.286. The van der Waals surface area contributed by atoms with Gasteiger partial charge in [0.2, 0.25) is 11.8 Å². The molecule has 1 aliphatic heterocycles. The molecular weight excluding hydrogens is 314 g/mol. The molecule has 4 nitrogen and oxygen atoms in total. The number of carbonyl (C=O) groups is 2. The minimum Gasteiger partial charge on any atom is -0.342 e. The van der Waals surface area contributed by atoms with Gasteiger partial charge in [0.05, 0.1) is 0 Å². The summed E-state index contributed by atoms with van der Waals surface area (Å²) in [5.74, 6) is -1.28. The molecule has 124 valence electrons. The molecule has 1 heterocycles. The molecule has 2 aromatic rings. The third-order valence-corrected chi connectivity index (χ3v) is 3.97. The number of halogens is 2. The van der Waals surface area contributed by atoms with E-state index in [0.717, 1.165) is 11.1 Å². The van der Waals surface area contributed by atoms with Crippen LogP contribution in [-0.2, 0) is 22.4 Å². The highest BCUT2D eigenvalue weighted by atomic mass is 19.1. The summed E-state index contributed by atoms with van der Waals surface area (Å²) in [4.78, 5) is 24.4. The normalized spacial score (nSPS) is 20.4. The van der Waals surface area contributed by atoms with Crippen LogP contribution in [0.15, 0.2) is 48.5 Å². The Labute approximate surface area is 137 Å². The number of hydrogen-bond donors (Lipinski definition) is 2. The van der Waals surface area contributed by atoms with Crippen LogP contribution < -0.4 is 10.6 Å². The monoisotopic (exact) mass is 330 g/mol. The lowest BCUT2D eigenvalue weighted by atomic mass is 9.98. The molecule has 1 aliphatic rings. The molecule has 2 atom stereocenters. The summed E-state index contributed by atoms with van der Waals surface area (Å²) >= 11 is 0. The number of benzene rings is 2. The number of piperazine rings is 1. The largest absolute Gasteiger partial charge is 0.342 e. The van der Waals surface area contributed by atoms with Crippen molar-refractivity contribution in [3.05, 3.63) is 71.3 Å². The smallest absolute Gasteiger partial charge is 0.243 e. The second-order valence-corrected chi connectivity index (χ2v) is 5.78. The van der Waals surface area contributed by atoms with Crippen LogP contribution in [0, 0.1) is 11.6 Å². The predicted octanol–water partition coefficient (Wildman–Crippen LogP) is 1.73. The van der Waals surface area contributed by atoms with Gasteiger partial charge >= 0.3 is 0 Å². The maximum Gasteiger partial charge on any atom is 0.243 e. The lowest BCUT2D eigenvalue weighted by molar-refractivity contribution is -0.136. The highest BCUT2D eigenvalue weighted by Gasteiger charge is 2.33. The van der Waals surface area contributed by atoms with Crippen LogP contribution in [0.4, 0.5) is 8.78 Å². The summed E-state index contributed by atoms with van der Waals surface area (Å²) in [6.45, 7) is 0. The van der Waals surface area contributed by atoms with Crippen molar-refractivity contribution < 1.29 is 18.4 Å².